The zero-order valence-electron chi connectivity index (χ0n) is 9.95. The summed E-state index contributed by atoms with van der Waals surface area (Å²) in [6.45, 7) is 4.85. The van der Waals surface area contributed by atoms with Crippen molar-refractivity contribution in [2.45, 2.75) is 19.3 Å². The Morgan fingerprint density at radius 2 is 2.31 bits per heavy atom. The lowest BCUT2D eigenvalue weighted by Crippen LogP contribution is -2.09. The fourth-order valence-electron chi connectivity index (χ4n) is 2.18. The van der Waals surface area contributed by atoms with Gasteiger partial charge in [-0.3, -0.25) is 0 Å². The van der Waals surface area contributed by atoms with Gasteiger partial charge in [-0.05, 0) is 31.5 Å². The second kappa shape index (κ2) is 5.21. The van der Waals surface area contributed by atoms with Crippen LogP contribution in [0.4, 0.5) is 0 Å². The Labute approximate surface area is 96.8 Å². The number of ether oxygens (including phenoxy) is 2. The third-order valence-electron chi connectivity index (χ3n) is 3.02. The monoisotopic (exact) mass is 221 g/mol. The Morgan fingerprint density at radius 3 is 2.94 bits per heavy atom. The van der Waals surface area contributed by atoms with Crippen molar-refractivity contribution in [3.63, 3.8) is 0 Å². The minimum absolute atomic E-state index is 0.576. The molecule has 88 valence electrons. The highest BCUT2D eigenvalue weighted by atomic mass is 16.5. The molecule has 1 heterocycles. The van der Waals surface area contributed by atoms with Gasteiger partial charge in [-0.15, -0.1) is 0 Å². The summed E-state index contributed by atoms with van der Waals surface area (Å²) in [6, 6.07) is 6.12. The first-order valence-electron chi connectivity index (χ1n) is 5.86. The molecule has 0 aromatic heterocycles. The maximum Gasteiger partial charge on any atom is 0.126 e. The van der Waals surface area contributed by atoms with Crippen LogP contribution in [0.5, 0.6) is 11.5 Å². The van der Waals surface area contributed by atoms with Crippen molar-refractivity contribution < 1.29 is 9.47 Å². The zero-order valence-corrected chi connectivity index (χ0v) is 9.95. The van der Waals surface area contributed by atoms with Gasteiger partial charge in [0, 0.05) is 18.5 Å². The molecule has 1 saturated heterocycles. The van der Waals surface area contributed by atoms with Gasteiger partial charge in [-0.25, -0.2) is 0 Å². The van der Waals surface area contributed by atoms with Gasteiger partial charge in [0.05, 0.1) is 13.7 Å². The van der Waals surface area contributed by atoms with Gasteiger partial charge in [0.25, 0.3) is 0 Å². The van der Waals surface area contributed by atoms with Gasteiger partial charge in [0.15, 0.2) is 0 Å². The molecule has 3 nitrogen and oxygen atoms in total. The molecule has 0 saturated carbocycles. The van der Waals surface area contributed by atoms with E-state index in [4.69, 9.17) is 9.47 Å². The van der Waals surface area contributed by atoms with Crippen molar-refractivity contribution in [3.05, 3.63) is 23.8 Å². The molecule has 1 atom stereocenters. The van der Waals surface area contributed by atoms with Crippen molar-refractivity contribution in [2.24, 2.45) is 0 Å². The number of benzene rings is 1. The molecule has 16 heavy (non-hydrogen) atoms. The van der Waals surface area contributed by atoms with Gasteiger partial charge in [0.2, 0.25) is 0 Å². The first kappa shape index (κ1) is 11.3. The van der Waals surface area contributed by atoms with Crippen LogP contribution in [0.3, 0.4) is 0 Å². The van der Waals surface area contributed by atoms with Gasteiger partial charge in [0.1, 0.15) is 11.5 Å². The number of hydrogen-bond acceptors (Lipinski definition) is 3. The van der Waals surface area contributed by atoms with E-state index in [-0.39, 0.29) is 0 Å². The van der Waals surface area contributed by atoms with Gasteiger partial charge in [-0.2, -0.15) is 0 Å². The fourth-order valence-corrected chi connectivity index (χ4v) is 2.18. The summed E-state index contributed by atoms with van der Waals surface area (Å²) in [5, 5.41) is 3.38. The normalized spacial score (nSPS) is 19.8. The second-order valence-electron chi connectivity index (χ2n) is 4.03. The van der Waals surface area contributed by atoms with Crippen LogP contribution in [-0.4, -0.2) is 26.8 Å². The minimum Gasteiger partial charge on any atom is -0.497 e. The fraction of sp³-hybridized carbons (Fsp3) is 0.538. The lowest BCUT2D eigenvalue weighted by Gasteiger charge is -2.16. The van der Waals surface area contributed by atoms with Crippen LogP contribution in [0.1, 0.15) is 24.8 Å². The average Bonchev–Trinajstić information content (AvgIpc) is 2.83. The number of rotatable bonds is 4. The first-order chi connectivity index (χ1) is 7.85. The van der Waals surface area contributed by atoms with Crippen LogP contribution in [0, 0.1) is 0 Å². The van der Waals surface area contributed by atoms with Crippen molar-refractivity contribution in [3.8, 4) is 11.5 Å². The summed E-state index contributed by atoms with van der Waals surface area (Å²) in [5.41, 5.74) is 1.30. The molecule has 3 heteroatoms. The smallest absolute Gasteiger partial charge is 0.126 e. The third kappa shape index (κ3) is 2.30. The summed E-state index contributed by atoms with van der Waals surface area (Å²) in [4.78, 5) is 0. The van der Waals surface area contributed by atoms with Crippen molar-refractivity contribution in [1.29, 1.82) is 0 Å². The summed E-state index contributed by atoms with van der Waals surface area (Å²) < 4.78 is 10.9. The maximum atomic E-state index is 5.68. The molecule has 0 amide bonds. The highest BCUT2D eigenvalue weighted by Gasteiger charge is 2.20. The molecule has 0 aliphatic carbocycles. The Bertz CT molecular complexity index is 346. The summed E-state index contributed by atoms with van der Waals surface area (Å²) in [7, 11) is 1.68. The summed E-state index contributed by atoms with van der Waals surface area (Å²) in [6.07, 6.45) is 1.19. The Morgan fingerprint density at radius 1 is 1.44 bits per heavy atom. The van der Waals surface area contributed by atoms with Crippen LogP contribution in [-0.2, 0) is 0 Å². The van der Waals surface area contributed by atoms with E-state index in [0.717, 1.165) is 24.6 Å². The molecule has 0 bridgehead atoms. The summed E-state index contributed by atoms with van der Waals surface area (Å²) >= 11 is 0. The largest absolute Gasteiger partial charge is 0.497 e. The molecule has 1 aliphatic rings. The first-order valence-corrected chi connectivity index (χ1v) is 5.86. The van der Waals surface area contributed by atoms with E-state index in [2.05, 4.69) is 11.4 Å². The SMILES string of the molecule is CCOc1cc(OC)ccc1C1CCNC1. The van der Waals surface area contributed by atoms with E-state index < -0.39 is 0 Å². The lowest BCUT2D eigenvalue weighted by atomic mass is 9.97. The van der Waals surface area contributed by atoms with Crippen molar-refractivity contribution in [1.82, 2.24) is 5.32 Å². The Hall–Kier alpha value is -1.22. The standard InChI is InChI=1S/C13H19NO2/c1-3-16-13-8-11(15-2)4-5-12(13)10-6-7-14-9-10/h4-5,8,10,14H,3,6-7,9H2,1-2H3. The Kier molecular flexibility index (Phi) is 3.67. The molecule has 1 aromatic carbocycles. The molecular weight excluding hydrogens is 202 g/mol. The topological polar surface area (TPSA) is 30.5 Å². The second-order valence-corrected chi connectivity index (χ2v) is 4.03. The average molecular weight is 221 g/mol. The molecule has 1 aromatic rings. The van der Waals surface area contributed by atoms with Crippen LogP contribution in [0.25, 0.3) is 0 Å². The molecule has 1 N–H and O–H groups in total. The van der Waals surface area contributed by atoms with E-state index in [1.165, 1.54) is 12.0 Å². The van der Waals surface area contributed by atoms with Crippen LogP contribution >= 0.6 is 0 Å². The van der Waals surface area contributed by atoms with Crippen LogP contribution in [0.15, 0.2) is 18.2 Å². The molecular formula is C13H19NO2. The minimum atomic E-state index is 0.576. The molecule has 1 aliphatic heterocycles. The van der Waals surface area contributed by atoms with Gasteiger partial charge in [-0.1, -0.05) is 6.07 Å². The lowest BCUT2D eigenvalue weighted by molar-refractivity contribution is 0.330. The molecule has 1 unspecified atom stereocenters. The third-order valence-corrected chi connectivity index (χ3v) is 3.02. The highest BCUT2D eigenvalue weighted by molar-refractivity contribution is 5.43. The van der Waals surface area contributed by atoms with E-state index in [9.17, 15) is 0 Å². The van der Waals surface area contributed by atoms with E-state index in [1.807, 2.05) is 19.1 Å². The number of methoxy groups -OCH3 is 1. The molecule has 0 radical (unpaired) electrons. The van der Waals surface area contributed by atoms with Crippen molar-refractivity contribution >= 4 is 0 Å². The van der Waals surface area contributed by atoms with Gasteiger partial charge < -0.3 is 14.8 Å². The van der Waals surface area contributed by atoms with E-state index >= 15 is 0 Å². The number of nitrogens with one attached hydrogen (secondary N) is 1. The van der Waals surface area contributed by atoms with E-state index in [1.54, 1.807) is 7.11 Å². The number of hydrogen-bond donors (Lipinski definition) is 1. The maximum absolute atomic E-state index is 5.68. The highest BCUT2D eigenvalue weighted by Crippen LogP contribution is 2.33. The van der Waals surface area contributed by atoms with Crippen LogP contribution in [0.2, 0.25) is 0 Å². The zero-order chi connectivity index (χ0) is 11.4. The predicted molar refractivity (Wildman–Crippen MR) is 64.4 cm³/mol. The molecule has 1 fully saturated rings. The summed E-state index contributed by atoms with van der Waals surface area (Å²) in [5.74, 6) is 2.40. The van der Waals surface area contributed by atoms with Crippen LogP contribution < -0.4 is 14.8 Å². The molecule has 2 rings (SSSR count). The quantitative estimate of drug-likeness (QED) is 0.845. The predicted octanol–water partition coefficient (Wildman–Crippen LogP) is 2.17. The Balaban J connectivity index is 2.27. The van der Waals surface area contributed by atoms with Crippen molar-refractivity contribution in [2.75, 3.05) is 26.8 Å². The molecule has 0 spiro atoms. The van der Waals surface area contributed by atoms with E-state index in [0.29, 0.717) is 12.5 Å². The van der Waals surface area contributed by atoms with Gasteiger partial charge >= 0.3 is 0 Å².